The Hall–Kier alpha value is -5.33. The Labute approximate surface area is 393 Å². The molecule has 67 heavy (non-hydrogen) atoms. The number of fused-ring (bicyclic) bond motifs is 3. The van der Waals surface area contributed by atoms with E-state index in [2.05, 4.69) is 20.6 Å². The highest BCUT2D eigenvalue weighted by atomic mass is 32.1. The van der Waals surface area contributed by atoms with Crippen LogP contribution in [-0.2, 0) is 36.8 Å². The number of carbonyl (C=O) groups excluding carboxylic acids is 3. The number of aromatic nitrogens is 2. The molecule has 13 nitrogen and oxygen atoms in total. The summed E-state index contributed by atoms with van der Waals surface area (Å²) in [5, 5.41) is 17.2. The van der Waals surface area contributed by atoms with Crippen molar-refractivity contribution in [3.05, 3.63) is 106 Å². The molecule has 2 aliphatic heterocycles. The first-order chi connectivity index (χ1) is 31.8. The first-order valence-electron chi connectivity index (χ1n) is 22.7. The first-order valence-corrected chi connectivity index (χ1v) is 23.5. The summed E-state index contributed by atoms with van der Waals surface area (Å²) in [5.41, 5.74) is 4.52. The molecular formula is C50H61F3N6O7S. The van der Waals surface area contributed by atoms with Crippen LogP contribution < -0.4 is 15.4 Å². The van der Waals surface area contributed by atoms with Crippen LogP contribution in [-0.4, -0.2) is 119 Å². The van der Waals surface area contributed by atoms with Gasteiger partial charge < -0.3 is 39.8 Å². The minimum atomic E-state index is -1.62. The van der Waals surface area contributed by atoms with E-state index in [-0.39, 0.29) is 76.4 Å². The van der Waals surface area contributed by atoms with Crippen molar-refractivity contribution in [2.45, 2.75) is 104 Å². The highest BCUT2D eigenvalue weighted by molar-refractivity contribution is 7.13. The number of ether oxygens (including phenoxy) is 3. The zero-order chi connectivity index (χ0) is 48.2. The molecule has 5 aromatic rings. The van der Waals surface area contributed by atoms with Crippen LogP contribution in [0.2, 0.25) is 0 Å². The summed E-state index contributed by atoms with van der Waals surface area (Å²) < 4.78 is 64.0. The van der Waals surface area contributed by atoms with Crippen molar-refractivity contribution < 1.29 is 46.9 Å². The summed E-state index contributed by atoms with van der Waals surface area (Å²) >= 11 is 1.56. The van der Waals surface area contributed by atoms with Crippen LogP contribution in [0.1, 0.15) is 82.1 Å². The number of rotatable bonds is 18. The maximum absolute atomic E-state index is 16.0. The van der Waals surface area contributed by atoms with Crippen molar-refractivity contribution in [3.8, 4) is 16.2 Å². The van der Waals surface area contributed by atoms with E-state index in [0.717, 1.165) is 50.3 Å². The fourth-order valence-electron chi connectivity index (χ4n) is 8.99. The zero-order valence-corrected chi connectivity index (χ0v) is 39.9. The molecule has 5 atom stereocenters. The number of hydrogen-bond donors (Lipinski definition) is 4. The number of halogens is 3. The molecule has 1 saturated heterocycles. The van der Waals surface area contributed by atoms with Gasteiger partial charge in [-0.3, -0.25) is 19.3 Å². The monoisotopic (exact) mass is 946 g/mol. The first kappa shape index (κ1) is 49.6. The SMILES string of the molecule is Cc1ncsc1-c1ccc(CNC(=O)[C@@H]2C[C@@H](O)CN2C(=O)[C@@H](NC(=O)COCCOCCOc2cc(F)c([C@@H]3c4[nH]c5ccccc5c4C[C@@H](C)N3CC(C)(C)F)c(F)c2)C(C)(C)C)cc1. The van der Waals surface area contributed by atoms with Gasteiger partial charge in [-0.15, -0.1) is 11.3 Å². The quantitative estimate of drug-likeness (QED) is 0.0668. The van der Waals surface area contributed by atoms with E-state index in [1.54, 1.807) is 37.6 Å². The number of likely N-dealkylation sites (tertiary alicyclic amines) is 1. The highest BCUT2D eigenvalue weighted by Crippen LogP contribution is 2.44. The van der Waals surface area contributed by atoms with Crippen LogP contribution in [0.3, 0.4) is 0 Å². The second kappa shape index (κ2) is 20.9. The number of para-hydroxylation sites is 1. The number of β-amino-alcohol motifs (C(OH)–C–C–N with tert-alkyl or cyclic N) is 1. The lowest BCUT2D eigenvalue weighted by molar-refractivity contribution is -0.144. The lowest BCUT2D eigenvalue weighted by atomic mass is 9.85. The topological polar surface area (TPSA) is 158 Å². The average Bonchev–Trinajstić information content (AvgIpc) is 3.99. The fourth-order valence-corrected chi connectivity index (χ4v) is 9.80. The Bertz CT molecular complexity index is 2510. The van der Waals surface area contributed by atoms with Gasteiger partial charge in [0.1, 0.15) is 48.4 Å². The second-order valence-corrected chi connectivity index (χ2v) is 20.0. The molecule has 4 N–H and O–H groups in total. The summed E-state index contributed by atoms with van der Waals surface area (Å²) in [5.74, 6) is -3.11. The molecule has 0 radical (unpaired) electrons. The normalized spacial score (nSPS) is 19.4. The van der Waals surface area contributed by atoms with E-state index in [1.165, 1.54) is 18.7 Å². The van der Waals surface area contributed by atoms with E-state index in [4.69, 9.17) is 14.2 Å². The molecule has 3 amide bonds. The minimum Gasteiger partial charge on any atom is -0.491 e. The molecule has 360 valence electrons. The summed E-state index contributed by atoms with van der Waals surface area (Å²) in [6.45, 7) is 12.1. The number of carbonyl (C=O) groups is 3. The van der Waals surface area contributed by atoms with Gasteiger partial charge in [-0.25, -0.2) is 18.2 Å². The van der Waals surface area contributed by atoms with Gasteiger partial charge in [-0.05, 0) is 62.3 Å². The van der Waals surface area contributed by atoms with Gasteiger partial charge in [0.25, 0.3) is 0 Å². The van der Waals surface area contributed by atoms with Gasteiger partial charge in [-0.2, -0.15) is 0 Å². The number of aromatic amines is 1. The molecular weight excluding hydrogens is 886 g/mol. The molecule has 7 rings (SSSR count). The number of nitrogens with zero attached hydrogens (tertiary/aromatic N) is 3. The van der Waals surface area contributed by atoms with Gasteiger partial charge in [0.15, 0.2) is 0 Å². The number of hydrogen-bond acceptors (Lipinski definition) is 10. The summed E-state index contributed by atoms with van der Waals surface area (Å²) in [6.07, 6.45) is -0.253. The lowest BCUT2D eigenvalue weighted by Crippen LogP contribution is -2.58. The number of amides is 3. The molecule has 17 heteroatoms. The summed E-state index contributed by atoms with van der Waals surface area (Å²) in [7, 11) is 0. The third-order valence-corrected chi connectivity index (χ3v) is 13.2. The number of aryl methyl sites for hydroxylation is 1. The second-order valence-electron chi connectivity index (χ2n) is 19.2. The molecule has 3 aromatic carbocycles. The minimum absolute atomic E-state index is 0.0232. The van der Waals surface area contributed by atoms with Crippen molar-refractivity contribution in [2.24, 2.45) is 5.41 Å². The predicted octanol–water partition coefficient (Wildman–Crippen LogP) is 7.18. The summed E-state index contributed by atoms with van der Waals surface area (Å²) in [6, 6.07) is 14.7. The van der Waals surface area contributed by atoms with E-state index in [1.807, 2.05) is 67.3 Å². The van der Waals surface area contributed by atoms with E-state index in [0.29, 0.717) is 12.1 Å². The smallest absolute Gasteiger partial charge is 0.246 e. The van der Waals surface area contributed by atoms with Crippen molar-refractivity contribution in [1.82, 2.24) is 30.4 Å². The lowest BCUT2D eigenvalue weighted by Gasteiger charge is -2.43. The van der Waals surface area contributed by atoms with Crippen LogP contribution >= 0.6 is 11.3 Å². The Morgan fingerprint density at radius 1 is 0.985 bits per heavy atom. The van der Waals surface area contributed by atoms with Gasteiger partial charge in [0.2, 0.25) is 17.7 Å². The third kappa shape index (κ3) is 11.9. The number of aliphatic hydroxyl groups excluding tert-OH is 1. The highest BCUT2D eigenvalue weighted by Gasteiger charge is 2.45. The number of benzene rings is 3. The predicted molar refractivity (Wildman–Crippen MR) is 250 cm³/mol. The third-order valence-electron chi connectivity index (χ3n) is 12.2. The van der Waals surface area contributed by atoms with Crippen molar-refractivity contribution >= 4 is 40.0 Å². The Morgan fingerprint density at radius 3 is 2.34 bits per heavy atom. The van der Waals surface area contributed by atoms with Crippen molar-refractivity contribution in [2.75, 3.05) is 46.1 Å². The van der Waals surface area contributed by atoms with Crippen LogP contribution in [0.5, 0.6) is 5.75 Å². The maximum atomic E-state index is 16.0. The van der Waals surface area contributed by atoms with Crippen LogP contribution in [0.25, 0.3) is 21.3 Å². The standard InChI is InChI=1S/C50H61F3N6O7S/c1-29-20-36-35-10-8-9-11-39(35)56-43(36)44(59(29)27-50(6,7)53)42-37(51)22-34(23-38(42)52)66-19-18-64-16-17-65-26-41(61)57-46(49(3,4)5)48(63)58-25-33(60)21-40(58)47(62)54-24-31-12-14-32(15-13-31)45-30(2)55-28-67-45/h8-15,22-23,28-29,33,40,44,46,56,60H,16-21,24-27H2,1-7H3,(H,54,62)(H,57,61)/t29-,33-,40+,44-,46-/m1/s1. The van der Waals surface area contributed by atoms with E-state index in [9.17, 15) is 19.5 Å². The fraction of sp³-hybridized carbons (Fsp3) is 0.480. The number of alkyl halides is 1. The molecule has 0 unspecified atom stereocenters. The molecule has 2 aromatic heterocycles. The molecule has 2 aliphatic rings. The molecule has 4 heterocycles. The van der Waals surface area contributed by atoms with Crippen molar-refractivity contribution in [3.63, 3.8) is 0 Å². The Morgan fingerprint density at radius 2 is 1.67 bits per heavy atom. The number of aliphatic hydroxyl groups is 1. The number of nitrogens with one attached hydrogen (secondary N) is 3. The molecule has 0 aliphatic carbocycles. The maximum Gasteiger partial charge on any atom is 0.246 e. The Balaban J connectivity index is 0.865. The van der Waals surface area contributed by atoms with Gasteiger partial charge in [0, 0.05) is 66.4 Å². The molecule has 0 bridgehead atoms. The summed E-state index contributed by atoms with van der Waals surface area (Å²) in [4.78, 5) is 52.4. The van der Waals surface area contributed by atoms with Gasteiger partial charge in [0.05, 0.1) is 48.0 Å². The van der Waals surface area contributed by atoms with Crippen LogP contribution in [0.15, 0.2) is 66.2 Å². The largest absolute Gasteiger partial charge is 0.491 e. The van der Waals surface area contributed by atoms with Gasteiger partial charge in [-0.1, -0.05) is 63.2 Å². The van der Waals surface area contributed by atoms with Crippen LogP contribution in [0.4, 0.5) is 13.2 Å². The van der Waals surface area contributed by atoms with Crippen LogP contribution in [0, 0.1) is 24.0 Å². The van der Waals surface area contributed by atoms with Gasteiger partial charge >= 0.3 is 0 Å². The number of thiazole rings is 1. The number of H-pyrrole nitrogens is 1. The zero-order valence-electron chi connectivity index (χ0n) is 39.1. The average molecular weight is 947 g/mol. The van der Waals surface area contributed by atoms with E-state index < -0.39 is 64.7 Å². The van der Waals surface area contributed by atoms with Crippen molar-refractivity contribution in [1.29, 1.82) is 0 Å². The molecule has 1 fully saturated rings. The molecule has 0 spiro atoms. The Kier molecular flexibility index (Phi) is 15.5. The van der Waals surface area contributed by atoms with E-state index >= 15 is 13.2 Å². The molecule has 0 saturated carbocycles.